The minimum atomic E-state index is -0.444. The maximum atomic E-state index is 12.5. The summed E-state index contributed by atoms with van der Waals surface area (Å²) in [7, 11) is 1.58. The Labute approximate surface area is 149 Å². The highest BCUT2D eigenvalue weighted by Crippen LogP contribution is 2.37. The van der Waals surface area contributed by atoms with Gasteiger partial charge in [0.1, 0.15) is 17.4 Å². The van der Waals surface area contributed by atoms with Crippen molar-refractivity contribution in [3.05, 3.63) is 64.4 Å². The molecule has 3 aromatic rings. The maximum Gasteiger partial charge on any atom is 0.266 e. The van der Waals surface area contributed by atoms with E-state index in [0.717, 1.165) is 5.56 Å². The number of nitriles is 1. The van der Waals surface area contributed by atoms with E-state index in [2.05, 4.69) is 4.98 Å². The summed E-state index contributed by atoms with van der Waals surface area (Å²) in [5.41, 5.74) is 2.23. The van der Waals surface area contributed by atoms with E-state index in [1.165, 1.54) is 0 Å². The highest BCUT2D eigenvalue weighted by Gasteiger charge is 2.17. The lowest BCUT2D eigenvalue weighted by atomic mass is 9.98. The second kappa shape index (κ2) is 6.30. The quantitative estimate of drug-likeness (QED) is 0.786. The summed E-state index contributed by atoms with van der Waals surface area (Å²) in [6, 6.07) is 16.5. The van der Waals surface area contributed by atoms with Gasteiger partial charge >= 0.3 is 0 Å². The summed E-state index contributed by atoms with van der Waals surface area (Å²) in [5.74, 6) is 1.91. The van der Waals surface area contributed by atoms with Gasteiger partial charge < -0.3 is 19.2 Å². The summed E-state index contributed by atoms with van der Waals surface area (Å²) >= 11 is 0. The van der Waals surface area contributed by atoms with Crippen molar-refractivity contribution in [2.75, 3.05) is 13.9 Å². The van der Waals surface area contributed by atoms with E-state index in [9.17, 15) is 10.1 Å². The molecule has 1 aromatic heterocycles. The number of methoxy groups -OCH3 is 1. The third kappa shape index (κ3) is 2.66. The molecule has 26 heavy (non-hydrogen) atoms. The number of nitrogens with zero attached hydrogens (tertiary/aromatic N) is 1. The summed E-state index contributed by atoms with van der Waals surface area (Å²) in [6.07, 6.45) is 0. The average molecular weight is 346 g/mol. The van der Waals surface area contributed by atoms with Crippen LogP contribution in [0, 0.1) is 11.3 Å². The van der Waals surface area contributed by atoms with Crippen molar-refractivity contribution in [2.45, 2.75) is 0 Å². The lowest BCUT2D eigenvalue weighted by Gasteiger charge is -2.10. The Morgan fingerprint density at radius 1 is 1.08 bits per heavy atom. The molecule has 0 unspecified atom stereocenters. The molecule has 0 amide bonds. The van der Waals surface area contributed by atoms with E-state index in [1.807, 2.05) is 30.3 Å². The Morgan fingerprint density at radius 3 is 2.73 bits per heavy atom. The molecular formula is C20H14N2O4. The number of pyridine rings is 1. The molecule has 6 nitrogen and oxygen atoms in total. The summed E-state index contributed by atoms with van der Waals surface area (Å²) in [4.78, 5) is 15.2. The molecule has 0 fully saturated rings. The minimum Gasteiger partial charge on any atom is -0.497 e. The van der Waals surface area contributed by atoms with Gasteiger partial charge in [0, 0.05) is 16.8 Å². The van der Waals surface area contributed by atoms with E-state index in [-0.39, 0.29) is 12.4 Å². The summed E-state index contributed by atoms with van der Waals surface area (Å²) < 4.78 is 16.0. The standard InChI is InChI=1S/C20H14N2O4/c1-24-14-4-2-3-13(7-14)17-9-15(16(10-21)20(23)22-17)12-5-6-18-19(8-12)26-11-25-18/h2-9H,11H2,1H3,(H,22,23). The topological polar surface area (TPSA) is 84.3 Å². The second-order valence-corrected chi connectivity index (χ2v) is 5.71. The van der Waals surface area contributed by atoms with Crippen molar-refractivity contribution in [2.24, 2.45) is 0 Å². The minimum absolute atomic E-state index is 0.0514. The average Bonchev–Trinajstić information content (AvgIpc) is 3.15. The first kappa shape index (κ1) is 15.8. The van der Waals surface area contributed by atoms with Crippen molar-refractivity contribution in [1.29, 1.82) is 5.26 Å². The highest BCUT2D eigenvalue weighted by molar-refractivity contribution is 5.77. The molecule has 0 atom stereocenters. The predicted molar refractivity (Wildman–Crippen MR) is 95.3 cm³/mol. The van der Waals surface area contributed by atoms with E-state index in [4.69, 9.17) is 14.2 Å². The first-order chi connectivity index (χ1) is 12.7. The van der Waals surface area contributed by atoms with Crippen LogP contribution in [0.4, 0.5) is 0 Å². The van der Waals surface area contributed by atoms with E-state index < -0.39 is 5.56 Å². The van der Waals surface area contributed by atoms with Crippen LogP contribution in [0.25, 0.3) is 22.4 Å². The SMILES string of the molecule is COc1cccc(-c2cc(-c3ccc4c(c3)OCO4)c(C#N)c(=O)[nH]2)c1. The number of H-pyrrole nitrogens is 1. The Morgan fingerprint density at radius 2 is 1.92 bits per heavy atom. The van der Waals surface area contributed by atoms with Gasteiger partial charge in [-0.15, -0.1) is 0 Å². The number of benzene rings is 2. The van der Waals surface area contributed by atoms with Gasteiger partial charge in [-0.3, -0.25) is 4.79 Å². The van der Waals surface area contributed by atoms with Gasteiger partial charge in [0.15, 0.2) is 11.5 Å². The fourth-order valence-electron chi connectivity index (χ4n) is 2.91. The van der Waals surface area contributed by atoms with Crippen LogP contribution in [0.2, 0.25) is 0 Å². The third-order valence-electron chi connectivity index (χ3n) is 4.21. The van der Waals surface area contributed by atoms with Crippen LogP contribution < -0.4 is 19.8 Å². The molecule has 0 aliphatic carbocycles. The number of nitrogens with one attached hydrogen (secondary N) is 1. The number of rotatable bonds is 3. The third-order valence-corrected chi connectivity index (χ3v) is 4.21. The molecule has 0 bridgehead atoms. The van der Waals surface area contributed by atoms with Gasteiger partial charge in [0.2, 0.25) is 6.79 Å². The van der Waals surface area contributed by atoms with Crippen molar-refractivity contribution in [1.82, 2.24) is 4.98 Å². The monoisotopic (exact) mass is 346 g/mol. The van der Waals surface area contributed by atoms with Gasteiger partial charge in [-0.25, -0.2) is 0 Å². The molecule has 0 spiro atoms. The molecule has 0 saturated carbocycles. The lowest BCUT2D eigenvalue weighted by molar-refractivity contribution is 0.174. The molecule has 0 radical (unpaired) electrons. The second-order valence-electron chi connectivity index (χ2n) is 5.71. The molecule has 1 aliphatic rings. The molecule has 128 valence electrons. The van der Waals surface area contributed by atoms with Crippen LogP contribution in [0.15, 0.2) is 53.3 Å². The van der Waals surface area contributed by atoms with Gasteiger partial charge in [-0.1, -0.05) is 18.2 Å². The maximum absolute atomic E-state index is 12.5. The van der Waals surface area contributed by atoms with Crippen molar-refractivity contribution in [3.8, 4) is 45.7 Å². The molecule has 1 N–H and O–H groups in total. The van der Waals surface area contributed by atoms with Gasteiger partial charge in [0.05, 0.1) is 7.11 Å². The molecule has 0 saturated heterocycles. The number of hydrogen-bond donors (Lipinski definition) is 1. The fraction of sp³-hybridized carbons (Fsp3) is 0.100. The Balaban J connectivity index is 1.90. The van der Waals surface area contributed by atoms with Gasteiger partial charge in [-0.05, 0) is 35.9 Å². The largest absolute Gasteiger partial charge is 0.497 e. The van der Waals surface area contributed by atoms with Crippen LogP contribution in [-0.2, 0) is 0 Å². The zero-order chi connectivity index (χ0) is 18.1. The molecule has 1 aliphatic heterocycles. The van der Waals surface area contributed by atoms with Crippen molar-refractivity contribution < 1.29 is 14.2 Å². The number of fused-ring (bicyclic) bond motifs is 1. The van der Waals surface area contributed by atoms with Gasteiger partial charge in [0.25, 0.3) is 5.56 Å². The lowest BCUT2D eigenvalue weighted by Crippen LogP contribution is -2.12. The number of hydrogen-bond acceptors (Lipinski definition) is 5. The molecule has 2 aromatic carbocycles. The van der Waals surface area contributed by atoms with Gasteiger partial charge in [-0.2, -0.15) is 5.26 Å². The van der Waals surface area contributed by atoms with Crippen LogP contribution >= 0.6 is 0 Å². The van der Waals surface area contributed by atoms with E-state index >= 15 is 0 Å². The highest BCUT2D eigenvalue weighted by atomic mass is 16.7. The van der Waals surface area contributed by atoms with E-state index in [1.54, 1.807) is 31.4 Å². The fourth-order valence-corrected chi connectivity index (χ4v) is 2.91. The van der Waals surface area contributed by atoms with Crippen LogP contribution in [-0.4, -0.2) is 18.9 Å². The predicted octanol–water partition coefficient (Wildman–Crippen LogP) is 3.32. The number of ether oxygens (including phenoxy) is 3. The van der Waals surface area contributed by atoms with E-state index in [0.29, 0.717) is 34.1 Å². The molecule has 4 rings (SSSR count). The van der Waals surface area contributed by atoms with Crippen molar-refractivity contribution in [3.63, 3.8) is 0 Å². The summed E-state index contributed by atoms with van der Waals surface area (Å²) in [5, 5.41) is 9.45. The number of aromatic amines is 1. The normalized spacial score (nSPS) is 11.8. The first-order valence-corrected chi connectivity index (χ1v) is 7.91. The Kier molecular flexibility index (Phi) is 3.82. The zero-order valence-electron chi connectivity index (χ0n) is 13.9. The summed E-state index contributed by atoms with van der Waals surface area (Å²) in [6.45, 7) is 0.161. The molecular weight excluding hydrogens is 332 g/mol. The van der Waals surface area contributed by atoms with Crippen LogP contribution in [0.1, 0.15) is 5.56 Å². The smallest absolute Gasteiger partial charge is 0.266 e. The molecule has 2 heterocycles. The number of aromatic nitrogens is 1. The first-order valence-electron chi connectivity index (χ1n) is 7.91. The molecule has 6 heteroatoms. The zero-order valence-corrected chi connectivity index (χ0v) is 13.9. The van der Waals surface area contributed by atoms with Crippen LogP contribution in [0.5, 0.6) is 17.2 Å². The Hall–Kier alpha value is -3.72. The van der Waals surface area contributed by atoms with Crippen LogP contribution in [0.3, 0.4) is 0 Å². The Bertz CT molecular complexity index is 1100. The van der Waals surface area contributed by atoms with Crippen molar-refractivity contribution >= 4 is 0 Å².